The molecule has 0 bridgehead atoms. The van der Waals surface area contributed by atoms with Gasteiger partial charge in [-0.15, -0.1) is 0 Å². The molecule has 5 rings (SSSR count). The van der Waals surface area contributed by atoms with Crippen molar-refractivity contribution < 1.29 is 19.1 Å². The van der Waals surface area contributed by atoms with Crippen molar-refractivity contribution in [1.29, 1.82) is 0 Å². The first kappa shape index (κ1) is 20.8. The molecule has 0 unspecified atom stereocenters. The average molecular weight is 440 g/mol. The van der Waals surface area contributed by atoms with Crippen LogP contribution < -0.4 is 4.74 Å². The number of fused-ring (bicyclic) bond motifs is 2. The Labute approximate surface area is 191 Å². The number of carbonyl (C=O) groups is 2. The monoisotopic (exact) mass is 440 g/mol. The molecule has 2 heterocycles. The Hall–Kier alpha value is -4.06. The van der Waals surface area contributed by atoms with Crippen LogP contribution in [0.4, 0.5) is 0 Å². The van der Waals surface area contributed by atoms with Gasteiger partial charge in [0.25, 0.3) is 5.91 Å². The largest absolute Gasteiger partial charge is 0.497 e. The third-order valence-corrected chi connectivity index (χ3v) is 6.22. The Bertz CT molecular complexity index is 1360. The lowest BCUT2D eigenvalue weighted by atomic mass is 9.93. The summed E-state index contributed by atoms with van der Waals surface area (Å²) in [7, 11) is 3.01. The number of aromatic amines is 1. The number of benzene rings is 3. The van der Waals surface area contributed by atoms with E-state index in [9.17, 15) is 9.59 Å². The molecule has 0 fully saturated rings. The molecular weight excluding hydrogens is 416 g/mol. The number of nitrogens with one attached hydrogen (secondary N) is 1. The predicted octanol–water partition coefficient (Wildman–Crippen LogP) is 4.95. The van der Waals surface area contributed by atoms with Crippen LogP contribution in [0.25, 0.3) is 22.2 Å². The summed E-state index contributed by atoms with van der Waals surface area (Å²) in [6.07, 6.45) is 0.129. The van der Waals surface area contributed by atoms with Crippen LogP contribution in [0.5, 0.6) is 5.75 Å². The Balaban J connectivity index is 1.73. The number of hydrogen-bond donors (Lipinski definition) is 1. The molecule has 3 aromatic carbocycles. The number of carbonyl (C=O) groups excluding carboxylic acids is 2. The molecule has 0 saturated carbocycles. The van der Waals surface area contributed by atoms with Gasteiger partial charge in [-0.25, -0.2) is 0 Å². The molecule has 1 N–H and O–H groups in total. The molecule has 6 nitrogen and oxygen atoms in total. The van der Waals surface area contributed by atoms with E-state index in [-0.39, 0.29) is 30.9 Å². The molecule has 33 heavy (non-hydrogen) atoms. The van der Waals surface area contributed by atoms with Crippen LogP contribution in [0.15, 0.2) is 72.8 Å². The van der Waals surface area contributed by atoms with Gasteiger partial charge in [0.05, 0.1) is 32.4 Å². The summed E-state index contributed by atoms with van der Waals surface area (Å²) in [6.45, 7) is 0.266. The highest BCUT2D eigenvalue weighted by Gasteiger charge is 2.40. The standard InChI is InChI=1S/C27H24N2O4/c1-32-18-9-7-8-17(16-18)25-24(21-12-5-6-13-22(21)28-25)26-19-10-3-4-11-20(19)27(31)29(26)15-14-23(30)33-2/h3-13,16,26,28H,14-15H2,1-2H3/t26-/m1/s1. The van der Waals surface area contributed by atoms with Crippen molar-refractivity contribution in [2.24, 2.45) is 0 Å². The van der Waals surface area contributed by atoms with Crippen molar-refractivity contribution in [3.63, 3.8) is 0 Å². The van der Waals surface area contributed by atoms with Crippen LogP contribution in [-0.2, 0) is 9.53 Å². The number of aromatic nitrogens is 1. The zero-order valence-electron chi connectivity index (χ0n) is 18.5. The van der Waals surface area contributed by atoms with Crippen molar-refractivity contribution in [2.45, 2.75) is 12.5 Å². The van der Waals surface area contributed by atoms with E-state index in [2.05, 4.69) is 11.1 Å². The minimum Gasteiger partial charge on any atom is -0.497 e. The first-order chi connectivity index (χ1) is 16.1. The quantitative estimate of drug-likeness (QED) is 0.431. The fourth-order valence-corrected chi connectivity index (χ4v) is 4.68. The van der Waals surface area contributed by atoms with Gasteiger partial charge in [-0.1, -0.05) is 48.5 Å². The van der Waals surface area contributed by atoms with E-state index >= 15 is 0 Å². The van der Waals surface area contributed by atoms with Crippen LogP contribution in [0.3, 0.4) is 0 Å². The molecule has 0 radical (unpaired) electrons. The van der Waals surface area contributed by atoms with Gasteiger partial charge in [0.2, 0.25) is 0 Å². The molecule has 0 aliphatic carbocycles. The summed E-state index contributed by atoms with van der Waals surface area (Å²) in [6, 6.07) is 23.3. The summed E-state index contributed by atoms with van der Waals surface area (Å²) < 4.78 is 10.3. The summed E-state index contributed by atoms with van der Waals surface area (Å²) in [5, 5.41) is 1.04. The third kappa shape index (κ3) is 3.53. The number of ether oxygens (including phenoxy) is 2. The third-order valence-electron chi connectivity index (χ3n) is 6.22. The maximum atomic E-state index is 13.4. The van der Waals surface area contributed by atoms with Gasteiger partial charge in [-0.3, -0.25) is 9.59 Å². The number of nitrogens with zero attached hydrogens (tertiary/aromatic N) is 1. The molecule has 166 valence electrons. The zero-order chi connectivity index (χ0) is 22.9. The molecule has 4 aromatic rings. The first-order valence-corrected chi connectivity index (χ1v) is 10.8. The normalized spacial score (nSPS) is 15.0. The van der Waals surface area contributed by atoms with Crippen molar-refractivity contribution in [1.82, 2.24) is 9.88 Å². The predicted molar refractivity (Wildman–Crippen MR) is 126 cm³/mol. The molecule has 1 amide bonds. The number of hydrogen-bond acceptors (Lipinski definition) is 4. The molecule has 1 atom stereocenters. The number of H-pyrrole nitrogens is 1. The lowest BCUT2D eigenvalue weighted by Gasteiger charge is -2.26. The van der Waals surface area contributed by atoms with E-state index < -0.39 is 0 Å². The highest BCUT2D eigenvalue weighted by atomic mass is 16.5. The Morgan fingerprint density at radius 1 is 1.00 bits per heavy atom. The summed E-state index contributed by atoms with van der Waals surface area (Å²) in [5.41, 5.74) is 5.46. The van der Waals surface area contributed by atoms with Crippen LogP contribution in [-0.4, -0.2) is 42.5 Å². The molecule has 6 heteroatoms. The molecule has 0 saturated heterocycles. The average Bonchev–Trinajstić information content (AvgIpc) is 3.37. The van der Waals surface area contributed by atoms with Crippen LogP contribution in [0.2, 0.25) is 0 Å². The van der Waals surface area contributed by atoms with Gasteiger partial charge >= 0.3 is 5.97 Å². The van der Waals surface area contributed by atoms with Gasteiger partial charge in [-0.2, -0.15) is 0 Å². The molecular formula is C27H24N2O4. The Kier molecular flexibility index (Phi) is 5.34. The Morgan fingerprint density at radius 2 is 1.79 bits per heavy atom. The van der Waals surface area contributed by atoms with Crippen molar-refractivity contribution in [3.05, 3.63) is 89.5 Å². The van der Waals surface area contributed by atoms with Gasteiger partial charge < -0.3 is 19.4 Å². The second kappa shape index (κ2) is 8.47. The smallest absolute Gasteiger partial charge is 0.307 e. The van der Waals surface area contributed by atoms with Gasteiger partial charge in [0.1, 0.15) is 5.75 Å². The van der Waals surface area contributed by atoms with E-state index in [1.165, 1.54) is 7.11 Å². The second-order valence-electron chi connectivity index (χ2n) is 8.01. The van der Waals surface area contributed by atoms with E-state index in [0.717, 1.165) is 39.0 Å². The topological polar surface area (TPSA) is 71.6 Å². The van der Waals surface area contributed by atoms with E-state index in [1.807, 2.05) is 66.7 Å². The maximum Gasteiger partial charge on any atom is 0.307 e. The Morgan fingerprint density at radius 3 is 2.61 bits per heavy atom. The van der Waals surface area contributed by atoms with E-state index in [1.54, 1.807) is 12.0 Å². The van der Waals surface area contributed by atoms with Crippen LogP contribution >= 0.6 is 0 Å². The lowest BCUT2D eigenvalue weighted by Crippen LogP contribution is -2.31. The lowest BCUT2D eigenvalue weighted by molar-refractivity contribution is -0.140. The first-order valence-electron chi connectivity index (χ1n) is 10.8. The van der Waals surface area contributed by atoms with Gasteiger partial charge in [-0.05, 0) is 29.8 Å². The van der Waals surface area contributed by atoms with E-state index in [4.69, 9.17) is 9.47 Å². The molecule has 0 spiro atoms. The highest BCUT2D eigenvalue weighted by Crippen LogP contribution is 2.45. The second-order valence-corrected chi connectivity index (χ2v) is 8.01. The number of amides is 1. The van der Waals surface area contributed by atoms with Crippen molar-refractivity contribution >= 4 is 22.8 Å². The fourth-order valence-electron chi connectivity index (χ4n) is 4.68. The minimum atomic E-state index is -0.343. The van der Waals surface area contributed by atoms with E-state index in [0.29, 0.717) is 5.56 Å². The molecule has 1 aliphatic heterocycles. The van der Waals surface area contributed by atoms with Crippen LogP contribution in [0, 0.1) is 0 Å². The highest BCUT2D eigenvalue weighted by molar-refractivity contribution is 6.02. The molecule has 1 aliphatic rings. The SMILES string of the molecule is COC(=O)CCN1C(=O)c2ccccc2[C@@H]1c1c(-c2cccc(OC)c2)[nH]c2ccccc12. The minimum absolute atomic E-state index is 0.0821. The summed E-state index contributed by atoms with van der Waals surface area (Å²) in [4.78, 5) is 30.7. The van der Waals surface area contributed by atoms with Gasteiger partial charge in [0.15, 0.2) is 0 Å². The number of para-hydroxylation sites is 1. The van der Waals surface area contributed by atoms with Crippen molar-refractivity contribution in [2.75, 3.05) is 20.8 Å². The zero-order valence-corrected chi connectivity index (χ0v) is 18.5. The van der Waals surface area contributed by atoms with Gasteiger partial charge in [0, 0.05) is 34.1 Å². The number of rotatable bonds is 6. The van der Waals surface area contributed by atoms with Crippen molar-refractivity contribution in [3.8, 4) is 17.0 Å². The summed E-state index contributed by atoms with van der Waals surface area (Å²) >= 11 is 0. The maximum absolute atomic E-state index is 13.4. The number of methoxy groups -OCH3 is 2. The fraction of sp³-hybridized carbons (Fsp3) is 0.185. The summed E-state index contributed by atoms with van der Waals surface area (Å²) in [5.74, 6) is 0.327. The number of esters is 1. The molecule has 1 aromatic heterocycles. The van der Waals surface area contributed by atoms with Crippen LogP contribution in [0.1, 0.15) is 33.9 Å².